The monoisotopic (exact) mass is 408 g/mol. The van der Waals surface area contributed by atoms with Crippen molar-refractivity contribution >= 4 is 0 Å². The number of hydrogen-bond donors (Lipinski definition) is 1. The van der Waals surface area contributed by atoms with Gasteiger partial charge in [0.2, 0.25) is 5.82 Å². The average molecular weight is 409 g/mol. The van der Waals surface area contributed by atoms with E-state index in [1.807, 2.05) is 4.68 Å². The molecule has 1 atom stereocenters. The van der Waals surface area contributed by atoms with Gasteiger partial charge in [-0.1, -0.05) is 56.3 Å². The molecule has 158 valence electrons. The van der Waals surface area contributed by atoms with Gasteiger partial charge < -0.3 is 4.90 Å². The third-order valence-electron chi connectivity index (χ3n) is 6.30. The maximum absolute atomic E-state index is 13.2. The molecule has 0 spiro atoms. The fraction of sp³-hybridized carbons (Fsp3) is 0.458. The number of tetrazole rings is 1. The van der Waals surface area contributed by atoms with Gasteiger partial charge in [0, 0.05) is 5.92 Å². The lowest BCUT2D eigenvalue weighted by Gasteiger charge is -2.36. The first-order valence-electron chi connectivity index (χ1n) is 11.0. The van der Waals surface area contributed by atoms with E-state index in [2.05, 4.69) is 59.7 Å². The Morgan fingerprint density at radius 2 is 1.70 bits per heavy atom. The lowest BCUT2D eigenvalue weighted by molar-refractivity contribution is -0.942. The third-order valence-corrected chi connectivity index (χ3v) is 6.30. The third kappa shape index (κ3) is 4.93. The molecule has 0 amide bonds. The smallest absolute Gasteiger partial charge is 0.209 e. The molecule has 0 radical (unpaired) electrons. The molecule has 2 heterocycles. The van der Waals surface area contributed by atoms with E-state index in [0.717, 1.165) is 30.4 Å². The van der Waals surface area contributed by atoms with E-state index < -0.39 is 0 Å². The van der Waals surface area contributed by atoms with Crippen LogP contribution in [-0.4, -0.2) is 33.3 Å². The fourth-order valence-electron chi connectivity index (χ4n) is 4.77. The van der Waals surface area contributed by atoms with Crippen LogP contribution in [0.15, 0.2) is 54.6 Å². The van der Waals surface area contributed by atoms with Crippen molar-refractivity contribution in [3.05, 3.63) is 77.4 Å². The summed E-state index contributed by atoms with van der Waals surface area (Å²) in [6, 6.07) is 17.7. The summed E-state index contributed by atoms with van der Waals surface area (Å²) in [7, 11) is 0. The molecule has 5 nitrogen and oxygen atoms in total. The van der Waals surface area contributed by atoms with Crippen LogP contribution in [0.2, 0.25) is 0 Å². The predicted octanol–water partition coefficient (Wildman–Crippen LogP) is 3.10. The van der Waals surface area contributed by atoms with Gasteiger partial charge in [-0.15, -0.1) is 5.10 Å². The predicted molar refractivity (Wildman–Crippen MR) is 114 cm³/mol. The van der Waals surface area contributed by atoms with Gasteiger partial charge in [-0.25, -0.2) is 9.07 Å². The van der Waals surface area contributed by atoms with Crippen LogP contribution in [0.3, 0.4) is 0 Å². The number of aromatic nitrogens is 4. The Kier molecular flexibility index (Phi) is 6.53. The molecule has 6 heteroatoms. The second-order valence-corrected chi connectivity index (χ2v) is 8.83. The number of benzene rings is 2. The maximum atomic E-state index is 13.2. The number of hydrogen-bond acceptors (Lipinski definition) is 3. The zero-order valence-corrected chi connectivity index (χ0v) is 17.8. The highest BCUT2D eigenvalue weighted by Gasteiger charge is 2.35. The van der Waals surface area contributed by atoms with Crippen LogP contribution in [0.25, 0.3) is 0 Å². The summed E-state index contributed by atoms with van der Waals surface area (Å²) in [4.78, 5) is 1.57. The van der Waals surface area contributed by atoms with Gasteiger partial charge in [0.25, 0.3) is 0 Å². The highest BCUT2D eigenvalue weighted by atomic mass is 19.1. The van der Waals surface area contributed by atoms with E-state index in [0.29, 0.717) is 12.5 Å². The Hall–Kier alpha value is -2.60. The highest BCUT2D eigenvalue weighted by Crippen LogP contribution is 2.21. The molecule has 1 saturated heterocycles. The Bertz CT molecular complexity index is 914. The number of piperidine rings is 1. The van der Waals surface area contributed by atoms with Crippen molar-refractivity contribution in [3.63, 3.8) is 0 Å². The maximum Gasteiger partial charge on any atom is 0.209 e. The molecule has 0 bridgehead atoms. The number of quaternary nitrogens is 1. The molecule has 2 aromatic carbocycles. The molecule has 1 N–H and O–H groups in total. The highest BCUT2D eigenvalue weighted by molar-refractivity contribution is 5.17. The van der Waals surface area contributed by atoms with Gasteiger partial charge in [0.05, 0.1) is 19.6 Å². The quantitative estimate of drug-likeness (QED) is 0.654. The Morgan fingerprint density at radius 3 is 2.37 bits per heavy atom. The molecule has 1 aliphatic rings. The van der Waals surface area contributed by atoms with Crippen LogP contribution in [0, 0.1) is 17.7 Å². The van der Waals surface area contributed by atoms with E-state index in [9.17, 15) is 4.39 Å². The van der Waals surface area contributed by atoms with Crippen LogP contribution in [0.5, 0.6) is 0 Å². The summed E-state index contributed by atoms with van der Waals surface area (Å²) in [6.45, 7) is 7.36. The Morgan fingerprint density at radius 1 is 1.00 bits per heavy atom. The van der Waals surface area contributed by atoms with Gasteiger partial charge in [0.15, 0.2) is 6.04 Å². The Labute approximate surface area is 177 Å². The van der Waals surface area contributed by atoms with Crippen LogP contribution < -0.4 is 4.90 Å². The van der Waals surface area contributed by atoms with E-state index in [-0.39, 0.29) is 11.9 Å². The van der Waals surface area contributed by atoms with Crippen LogP contribution in [0.4, 0.5) is 4.39 Å². The van der Waals surface area contributed by atoms with Crippen molar-refractivity contribution in [1.82, 2.24) is 20.2 Å². The summed E-state index contributed by atoms with van der Waals surface area (Å²) in [6.07, 6.45) is 3.63. The molecule has 0 aliphatic carbocycles. The first kappa shape index (κ1) is 20.7. The zero-order valence-electron chi connectivity index (χ0n) is 17.8. The van der Waals surface area contributed by atoms with Gasteiger partial charge in [-0.05, 0) is 58.9 Å². The van der Waals surface area contributed by atoms with Crippen molar-refractivity contribution in [2.24, 2.45) is 11.8 Å². The van der Waals surface area contributed by atoms with E-state index in [1.165, 1.54) is 37.0 Å². The summed E-state index contributed by atoms with van der Waals surface area (Å²) < 4.78 is 15.1. The fourth-order valence-corrected chi connectivity index (χ4v) is 4.77. The van der Waals surface area contributed by atoms with Crippen molar-refractivity contribution in [2.45, 2.75) is 45.7 Å². The number of nitrogens with one attached hydrogen (secondary N) is 1. The summed E-state index contributed by atoms with van der Waals surface area (Å²) in [5.74, 6) is 1.90. The number of nitrogens with zero attached hydrogens (tertiary/aromatic N) is 4. The lowest BCUT2D eigenvalue weighted by Crippen LogP contribution is -3.14. The standard InChI is InChI=1S/C24H30FN5/c1-18(2)23(24-26-27-28-30(24)17-21-8-10-22(25)11-9-21)29-14-12-20(13-15-29)16-19-6-4-3-5-7-19/h3-11,18,20,23H,12-17H2,1-2H3/p+1/t23-/m0/s1. The minimum atomic E-state index is -0.224. The number of rotatable bonds is 7. The van der Waals surface area contributed by atoms with Crippen LogP contribution in [0.1, 0.15) is 49.7 Å². The van der Waals surface area contributed by atoms with E-state index >= 15 is 0 Å². The van der Waals surface area contributed by atoms with Crippen molar-refractivity contribution in [1.29, 1.82) is 0 Å². The molecule has 1 aromatic heterocycles. The largest absolute Gasteiger partial charge is 0.326 e. The normalized spacial score (nSPS) is 20.4. The van der Waals surface area contributed by atoms with Gasteiger partial charge in [-0.2, -0.15) is 0 Å². The molecule has 3 aromatic rings. The van der Waals surface area contributed by atoms with Crippen LogP contribution >= 0.6 is 0 Å². The van der Waals surface area contributed by atoms with Crippen molar-refractivity contribution in [2.75, 3.05) is 13.1 Å². The summed E-state index contributed by atoms with van der Waals surface area (Å²) in [5, 5.41) is 12.7. The number of likely N-dealkylation sites (tertiary alicyclic amines) is 1. The summed E-state index contributed by atoms with van der Waals surface area (Å²) in [5.41, 5.74) is 2.44. The zero-order chi connectivity index (χ0) is 20.9. The van der Waals surface area contributed by atoms with Crippen LogP contribution in [-0.2, 0) is 13.0 Å². The average Bonchev–Trinajstić information content (AvgIpc) is 3.19. The minimum Gasteiger partial charge on any atom is -0.326 e. The first-order chi connectivity index (χ1) is 14.6. The second-order valence-electron chi connectivity index (χ2n) is 8.83. The second kappa shape index (κ2) is 9.47. The molecule has 1 aliphatic heterocycles. The SMILES string of the molecule is CC(C)[C@@H](c1nnnn1Cc1ccc(F)cc1)[NH+]1CCC(Cc2ccccc2)CC1. The van der Waals surface area contributed by atoms with Gasteiger partial charge >= 0.3 is 0 Å². The van der Waals surface area contributed by atoms with Crippen molar-refractivity contribution in [3.8, 4) is 0 Å². The first-order valence-corrected chi connectivity index (χ1v) is 11.0. The molecule has 0 unspecified atom stereocenters. The topological polar surface area (TPSA) is 48.0 Å². The molecular formula is C24H31FN5+. The van der Waals surface area contributed by atoms with Crippen molar-refractivity contribution < 1.29 is 9.29 Å². The Balaban J connectivity index is 1.44. The number of halogens is 1. The molecule has 30 heavy (non-hydrogen) atoms. The van der Waals surface area contributed by atoms with E-state index in [4.69, 9.17) is 0 Å². The van der Waals surface area contributed by atoms with Gasteiger partial charge in [-0.3, -0.25) is 0 Å². The summed E-state index contributed by atoms with van der Waals surface area (Å²) >= 11 is 0. The van der Waals surface area contributed by atoms with E-state index in [1.54, 1.807) is 17.0 Å². The lowest BCUT2D eigenvalue weighted by atomic mass is 9.88. The molecule has 4 rings (SSSR count). The van der Waals surface area contributed by atoms with Gasteiger partial charge in [0.1, 0.15) is 5.82 Å². The molecule has 0 saturated carbocycles. The molecule has 1 fully saturated rings. The minimum absolute atomic E-state index is 0.224. The molecular weight excluding hydrogens is 377 g/mol.